The highest BCUT2D eigenvalue weighted by Crippen LogP contribution is 2.29. The average Bonchev–Trinajstić information content (AvgIpc) is 2.29. The molecule has 2 N–H and O–H groups in total. The first-order valence-corrected chi connectivity index (χ1v) is 5.84. The maximum absolute atomic E-state index is 5.70. The average molecular weight is 223 g/mol. The van der Waals surface area contributed by atoms with Crippen LogP contribution in [0.15, 0.2) is 18.2 Å². The molecule has 16 heavy (non-hydrogen) atoms. The molecule has 0 heterocycles. The molecule has 0 saturated carbocycles. The summed E-state index contributed by atoms with van der Waals surface area (Å²) in [5.41, 5.74) is 6.40. The Morgan fingerprint density at radius 3 is 2.62 bits per heavy atom. The Morgan fingerprint density at radius 1 is 1.12 bits per heavy atom. The van der Waals surface area contributed by atoms with Crippen molar-refractivity contribution in [1.29, 1.82) is 0 Å². The van der Waals surface area contributed by atoms with Crippen molar-refractivity contribution in [2.45, 2.75) is 32.6 Å². The van der Waals surface area contributed by atoms with Crippen LogP contribution >= 0.6 is 0 Å². The molecule has 0 fully saturated rings. The zero-order valence-corrected chi connectivity index (χ0v) is 10.2. The van der Waals surface area contributed by atoms with E-state index in [0.717, 1.165) is 24.5 Å². The van der Waals surface area contributed by atoms with Gasteiger partial charge in [-0.1, -0.05) is 26.2 Å². The van der Waals surface area contributed by atoms with Gasteiger partial charge in [0.25, 0.3) is 0 Å². The van der Waals surface area contributed by atoms with E-state index in [1.165, 1.54) is 19.3 Å². The van der Waals surface area contributed by atoms with Crippen molar-refractivity contribution in [3.8, 4) is 11.5 Å². The van der Waals surface area contributed by atoms with E-state index in [9.17, 15) is 0 Å². The van der Waals surface area contributed by atoms with Gasteiger partial charge in [0.2, 0.25) is 0 Å². The Hall–Kier alpha value is -1.38. The third-order valence-corrected chi connectivity index (χ3v) is 2.44. The van der Waals surface area contributed by atoms with Gasteiger partial charge in [-0.2, -0.15) is 0 Å². The predicted octanol–water partition coefficient (Wildman–Crippen LogP) is 3.24. The van der Waals surface area contributed by atoms with Crippen molar-refractivity contribution in [3.63, 3.8) is 0 Å². The molecule has 3 nitrogen and oxygen atoms in total. The van der Waals surface area contributed by atoms with Crippen LogP contribution in [0.4, 0.5) is 5.69 Å². The molecule has 1 aromatic carbocycles. The summed E-state index contributed by atoms with van der Waals surface area (Å²) in [7, 11) is 1.63. The van der Waals surface area contributed by atoms with Crippen molar-refractivity contribution in [3.05, 3.63) is 18.2 Å². The fraction of sp³-hybridized carbons (Fsp3) is 0.538. The van der Waals surface area contributed by atoms with Gasteiger partial charge >= 0.3 is 0 Å². The first kappa shape index (κ1) is 12.7. The second-order valence-corrected chi connectivity index (χ2v) is 3.82. The van der Waals surface area contributed by atoms with E-state index < -0.39 is 0 Å². The molecular weight excluding hydrogens is 202 g/mol. The summed E-state index contributed by atoms with van der Waals surface area (Å²) in [5.74, 6) is 1.48. The molecule has 1 rings (SSSR count). The van der Waals surface area contributed by atoms with Crippen molar-refractivity contribution >= 4 is 5.69 Å². The van der Waals surface area contributed by atoms with Gasteiger partial charge in [0.1, 0.15) is 0 Å². The van der Waals surface area contributed by atoms with E-state index in [1.807, 2.05) is 12.1 Å². The van der Waals surface area contributed by atoms with Crippen molar-refractivity contribution in [2.24, 2.45) is 0 Å². The summed E-state index contributed by atoms with van der Waals surface area (Å²) in [6, 6.07) is 5.44. The lowest BCUT2D eigenvalue weighted by Gasteiger charge is -2.10. The molecule has 0 saturated heterocycles. The highest BCUT2D eigenvalue weighted by Gasteiger charge is 2.03. The summed E-state index contributed by atoms with van der Waals surface area (Å²) < 4.78 is 10.8. The molecule has 0 aliphatic carbocycles. The number of nitrogen functional groups attached to an aromatic ring is 1. The Labute approximate surface area is 97.6 Å². The van der Waals surface area contributed by atoms with Gasteiger partial charge in [-0.25, -0.2) is 0 Å². The first-order valence-electron chi connectivity index (χ1n) is 5.84. The highest BCUT2D eigenvalue weighted by molar-refractivity contribution is 5.51. The lowest BCUT2D eigenvalue weighted by atomic mass is 10.2. The molecule has 0 aliphatic rings. The monoisotopic (exact) mass is 223 g/mol. The first-order chi connectivity index (χ1) is 7.77. The van der Waals surface area contributed by atoms with Gasteiger partial charge in [-0.05, 0) is 18.6 Å². The molecule has 3 heteroatoms. The fourth-order valence-electron chi connectivity index (χ4n) is 1.52. The minimum atomic E-state index is 0.698. The van der Waals surface area contributed by atoms with Crippen LogP contribution in [0.3, 0.4) is 0 Å². The number of ether oxygens (including phenoxy) is 2. The molecule has 90 valence electrons. The van der Waals surface area contributed by atoms with Crippen LogP contribution in [0.1, 0.15) is 32.6 Å². The molecule has 0 aliphatic heterocycles. The van der Waals surface area contributed by atoms with Crippen LogP contribution in [0.2, 0.25) is 0 Å². The zero-order valence-electron chi connectivity index (χ0n) is 10.2. The number of rotatable bonds is 7. The molecular formula is C13H21NO2. The van der Waals surface area contributed by atoms with Crippen LogP contribution in [-0.4, -0.2) is 13.7 Å². The molecule has 0 radical (unpaired) electrons. The SMILES string of the molecule is CCCCCCOc1cc(N)ccc1OC. The number of hydrogen-bond acceptors (Lipinski definition) is 3. The number of hydrogen-bond donors (Lipinski definition) is 1. The van der Waals surface area contributed by atoms with Gasteiger partial charge in [0.05, 0.1) is 13.7 Å². The summed E-state index contributed by atoms with van der Waals surface area (Å²) in [6.07, 6.45) is 4.78. The summed E-state index contributed by atoms with van der Waals surface area (Å²) in [6.45, 7) is 2.92. The van der Waals surface area contributed by atoms with Crippen LogP contribution < -0.4 is 15.2 Å². The van der Waals surface area contributed by atoms with E-state index in [1.54, 1.807) is 13.2 Å². The van der Waals surface area contributed by atoms with E-state index in [2.05, 4.69) is 6.92 Å². The molecule has 0 aromatic heterocycles. The number of unbranched alkanes of at least 4 members (excludes halogenated alkanes) is 3. The van der Waals surface area contributed by atoms with E-state index >= 15 is 0 Å². The van der Waals surface area contributed by atoms with Gasteiger partial charge < -0.3 is 15.2 Å². The molecule has 1 aromatic rings. The standard InChI is InChI=1S/C13H21NO2/c1-3-4-5-6-9-16-13-10-11(14)7-8-12(13)15-2/h7-8,10H,3-6,9,14H2,1-2H3. The highest BCUT2D eigenvalue weighted by atomic mass is 16.5. The largest absolute Gasteiger partial charge is 0.493 e. The lowest BCUT2D eigenvalue weighted by Crippen LogP contribution is -2.00. The zero-order chi connectivity index (χ0) is 11.8. The molecule has 0 amide bonds. The van der Waals surface area contributed by atoms with Gasteiger partial charge in [-0.3, -0.25) is 0 Å². The summed E-state index contributed by atoms with van der Waals surface area (Å²) >= 11 is 0. The van der Waals surface area contributed by atoms with Gasteiger partial charge in [-0.15, -0.1) is 0 Å². The molecule has 0 bridgehead atoms. The Morgan fingerprint density at radius 2 is 1.94 bits per heavy atom. The molecule has 0 atom stereocenters. The Balaban J connectivity index is 2.42. The third-order valence-electron chi connectivity index (χ3n) is 2.44. The number of anilines is 1. The molecule has 0 unspecified atom stereocenters. The summed E-state index contributed by atoms with van der Waals surface area (Å²) in [5, 5.41) is 0. The Bertz CT molecular complexity index is 313. The third kappa shape index (κ3) is 4.01. The smallest absolute Gasteiger partial charge is 0.163 e. The fourth-order valence-corrected chi connectivity index (χ4v) is 1.52. The van der Waals surface area contributed by atoms with Crippen molar-refractivity contribution in [1.82, 2.24) is 0 Å². The van der Waals surface area contributed by atoms with E-state index in [-0.39, 0.29) is 0 Å². The second-order valence-electron chi connectivity index (χ2n) is 3.82. The normalized spacial score (nSPS) is 10.1. The number of nitrogens with two attached hydrogens (primary N) is 1. The van der Waals surface area contributed by atoms with Crippen molar-refractivity contribution in [2.75, 3.05) is 19.5 Å². The van der Waals surface area contributed by atoms with E-state index in [0.29, 0.717) is 5.69 Å². The van der Waals surface area contributed by atoms with Crippen LogP contribution in [0.25, 0.3) is 0 Å². The van der Waals surface area contributed by atoms with Crippen molar-refractivity contribution < 1.29 is 9.47 Å². The topological polar surface area (TPSA) is 44.5 Å². The Kier molecular flexibility index (Phi) is 5.54. The van der Waals surface area contributed by atoms with Crippen LogP contribution in [-0.2, 0) is 0 Å². The minimum absolute atomic E-state index is 0.698. The maximum Gasteiger partial charge on any atom is 0.163 e. The summed E-state index contributed by atoms with van der Waals surface area (Å²) in [4.78, 5) is 0. The number of methoxy groups -OCH3 is 1. The van der Waals surface area contributed by atoms with Crippen LogP contribution in [0.5, 0.6) is 11.5 Å². The van der Waals surface area contributed by atoms with Gasteiger partial charge in [0, 0.05) is 11.8 Å². The number of benzene rings is 1. The quantitative estimate of drug-likeness (QED) is 0.570. The second kappa shape index (κ2) is 6.99. The lowest BCUT2D eigenvalue weighted by molar-refractivity contribution is 0.285. The minimum Gasteiger partial charge on any atom is -0.493 e. The molecule has 0 spiro atoms. The van der Waals surface area contributed by atoms with Gasteiger partial charge in [0.15, 0.2) is 11.5 Å². The predicted molar refractivity (Wildman–Crippen MR) is 67.0 cm³/mol. The van der Waals surface area contributed by atoms with Crippen LogP contribution in [0, 0.1) is 0 Å². The maximum atomic E-state index is 5.70. The van der Waals surface area contributed by atoms with E-state index in [4.69, 9.17) is 15.2 Å².